The molecule has 5 heteroatoms. The molecule has 20 heavy (non-hydrogen) atoms. The van der Waals surface area contributed by atoms with E-state index < -0.39 is 0 Å². The molecule has 1 aromatic heterocycles. The third kappa shape index (κ3) is 3.17. The number of ether oxygens (including phenoxy) is 1. The highest BCUT2D eigenvalue weighted by molar-refractivity contribution is 5.40. The summed E-state index contributed by atoms with van der Waals surface area (Å²) in [6.45, 7) is 8.27. The van der Waals surface area contributed by atoms with E-state index in [1.807, 2.05) is 18.5 Å². The molecule has 0 amide bonds. The van der Waals surface area contributed by atoms with Gasteiger partial charge in [-0.15, -0.1) is 10.2 Å². The lowest BCUT2D eigenvalue weighted by molar-refractivity contribution is 0.285. The summed E-state index contributed by atoms with van der Waals surface area (Å²) in [4.78, 5) is 0. The maximum absolute atomic E-state index is 5.98. The van der Waals surface area contributed by atoms with E-state index >= 15 is 0 Å². The average Bonchev–Trinajstić information content (AvgIpc) is 2.76. The Morgan fingerprint density at radius 1 is 1.25 bits per heavy atom. The highest BCUT2D eigenvalue weighted by Crippen LogP contribution is 2.24. The zero-order chi connectivity index (χ0) is 14.5. The first-order chi connectivity index (χ1) is 9.63. The Hall–Kier alpha value is -1.88. The number of nitrogens with one attached hydrogen (secondary N) is 1. The van der Waals surface area contributed by atoms with Gasteiger partial charge in [-0.25, -0.2) is 0 Å². The van der Waals surface area contributed by atoms with E-state index in [9.17, 15) is 0 Å². The summed E-state index contributed by atoms with van der Waals surface area (Å²) in [5.74, 6) is 2.66. The maximum atomic E-state index is 5.98. The lowest BCUT2D eigenvalue weighted by Gasteiger charge is -2.14. The first-order valence-electron chi connectivity index (χ1n) is 6.90. The van der Waals surface area contributed by atoms with Gasteiger partial charge in [0.15, 0.2) is 5.82 Å². The molecule has 0 aliphatic heterocycles. The monoisotopic (exact) mass is 274 g/mol. The number of para-hydroxylation sites is 1. The fourth-order valence-corrected chi connectivity index (χ4v) is 2.03. The quantitative estimate of drug-likeness (QED) is 0.876. The molecule has 2 aromatic rings. The van der Waals surface area contributed by atoms with Crippen molar-refractivity contribution >= 4 is 0 Å². The molecule has 1 N–H and O–H groups in total. The molecule has 1 heterocycles. The second-order valence-corrected chi connectivity index (χ2v) is 4.85. The van der Waals surface area contributed by atoms with E-state index in [0.29, 0.717) is 6.61 Å². The van der Waals surface area contributed by atoms with Crippen LogP contribution in [0.15, 0.2) is 18.2 Å². The lowest BCUT2D eigenvalue weighted by Crippen LogP contribution is -2.14. The van der Waals surface area contributed by atoms with Gasteiger partial charge >= 0.3 is 0 Å². The Morgan fingerprint density at radius 3 is 2.70 bits per heavy atom. The van der Waals surface area contributed by atoms with E-state index in [4.69, 9.17) is 4.74 Å². The van der Waals surface area contributed by atoms with Gasteiger partial charge in [-0.2, -0.15) is 0 Å². The molecule has 0 radical (unpaired) electrons. The number of aromatic nitrogens is 3. The molecule has 0 saturated carbocycles. The van der Waals surface area contributed by atoms with Crippen LogP contribution in [0.5, 0.6) is 5.75 Å². The van der Waals surface area contributed by atoms with Crippen LogP contribution in [0.1, 0.15) is 29.7 Å². The first-order valence-corrected chi connectivity index (χ1v) is 6.90. The number of benzene rings is 1. The molecule has 0 spiro atoms. The number of hydrogen-bond donors (Lipinski definition) is 1. The van der Waals surface area contributed by atoms with Crippen LogP contribution in [0.25, 0.3) is 0 Å². The summed E-state index contributed by atoms with van der Waals surface area (Å²) in [5, 5.41) is 11.5. The Bertz CT molecular complexity index is 577. The number of aryl methyl sites for hydroxylation is 2. The van der Waals surface area contributed by atoms with Crippen molar-refractivity contribution in [2.45, 2.75) is 33.9 Å². The van der Waals surface area contributed by atoms with Crippen LogP contribution in [0.3, 0.4) is 0 Å². The Labute approximate surface area is 120 Å². The molecule has 0 fully saturated rings. The summed E-state index contributed by atoms with van der Waals surface area (Å²) in [6, 6.07) is 6.21. The van der Waals surface area contributed by atoms with Gasteiger partial charge in [-0.1, -0.05) is 25.1 Å². The van der Waals surface area contributed by atoms with Crippen molar-refractivity contribution in [2.24, 2.45) is 7.05 Å². The predicted octanol–water partition coefficient (Wildman–Crippen LogP) is 2.12. The fourth-order valence-electron chi connectivity index (χ4n) is 2.03. The molecule has 0 atom stereocenters. The van der Waals surface area contributed by atoms with E-state index in [2.05, 4.69) is 47.6 Å². The minimum atomic E-state index is 0.432. The number of nitrogens with zero attached hydrogens (tertiary/aromatic N) is 3. The van der Waals surface area contributed by atoms with Crippen LogP contribution in [0, 0.1) is 13.8 Å². The van der Waals surface area contributed by atoms with Crippen molar-refractivity contribution in [1.82, 2.24) is 20.1 Å². The Morgan fingerprint density at radius 2 is 2.05 bits per heavy atom. The normalized spacial score (nSPS) is 10.8. The number of rotatable bonds is 6. The largest absolute Gasteiger partial charge is 0.485 e. The molecular formula is C15H22N4O. The molecule has 0 unspecified atom stereocenters. The van der Waals surface area contributed by atoms with Gasteiger partial charge in [0.1, 0.15) is 18.2 Å². The summed E-state index contributed by atoms with van der Waals surface area (Å²) in [6.07, 6.45) is 0. The van der Waals surface area contributed by atoms with Gasteiger partial charge in [-0.05, 0) is 26.0 Å². The highest BCUT2D eigenvalue weighted by atomic mass is 16.5. The van der Waals surface area contributed by atoms with Crippen molar-refractivity contribution in [2.75, 3.05) is 6.54 Å². The number of hydrogen-bond acceptors (Lipinski definition) is 4. The standard InChI is InChI=1S/C15H22N4O/c1-5-16-9-13-8-6-7-11(2)15(13)20-10-14-18-17-12(3)19(14)4/h6-8,16H,5,9-10H2,1-4H3. The Balaban J connectivity index is 2.14. The van der Waals surface area contributed by atoms with Crippen LogP contribution in [0.4, 0.5) is 0 Å². The minimum Gasteiger partial charge on any atom is -0.485 e. The summed E-state index contributed by atoms with van der Waals surface area (Å²) < 4.78 is 7.93. The summed E-state index contributed by atoms with van der Waals surface area (Å²) in [7, 11) is 1.95. The van der Waals surface area contributed by atoms with E-state index in [-0.39, 0.29) is 0 Å². The molecule has 2 rings (SSSR count). The second kappa shape index (κ2) is 6.52. The molecule has 108 valence electrons. The predicted molar refractivity (Wildman–Crippen MR) is 78.6 cm³/mol. The van der Waals surface area contributed by atoms with Crippen LogP contribution in [0.2, 0.25) is 0 Å². The summed E-state index contributed by atoms with van der Waals surface area (Å²) >= 11 is 0. The highest BCUT2D eigenvalue weighted by Gasteiger charge is 2.10. The van der Waals surface area contributed by atoms with Gasteiger partial charge in [0, 0.05) is 19.2 Å². The third-order valence-corrected chi connectivity index (χ3v) is 3.39. The smallest absolute Gasteiger partial charge is 0.170 e. The van der Waals surface area contributed by atoms with Gasteiger partial charge < -0.3 is 14.6 Å². The summed E-state index contributed by atoms with van der Waals surface area (Å²) in [5.41, 5.74) is 2.31. The van der Waals surface area contributed by atoms with Crippen molar-refractivity contribution in [3.8, 4) is 5.75 Å². The van der Waals surface area contributed by atoms with Gasteiger partial charge in [0.25, 0.3) is 0 Å². The van der Waals surface area contributed by atoms with Crippen LogP contribution in [-0.4, -0.2) is 21.3 Å². The first kappa shape index (κ1) is 14.5. The van der Waals surface area contributed by atoms with Crippen molar-refractivity contribution in [3.63, 3.8) is 0 Å². The minimum absolute atomic E-state index is 0.432. The van der Waals surface area contributed by atoms with Crippen LogP contribution in [-0.2, 0) is 20.2 Å². The zero-order valence-electron chi connectivity index (χ0n) is 12.6. The topological polar surface area (TPSA) is 52.0 Å². The van der Waals surface area contributed by atoms with E-state index in [1.165, 1.54) is 5.56 Å². The second-order valence-electron chi connectivity index (χ2n) is 4.85. The zero-order valence-corrected chi connectivity index (χ0v) is 12.6. The Kier molecular flexibility index (Phi) is 4.74. The molecule has 5 nitrogen and oxygen atoms in total. The molecule has 1 aromatic carbocycles. The van der Waals surface area contributed by atoms with E-state index in [0.717, 1.165) is 36.1 Å². The van der Waals surface area contributed by atoms with E-state index in [1.54, 1.807) is 0 Å². The molecule has 0 aliphatic carbocycles. The third-order valence-electron chi connectivity index (χ3n) is 3.39. The molecular weight excluding hydrogens is 252 g/mol. The van der Waals surface area contributed by atoms with Crippen molar-refractivity contribution in [3.05, 3.63) is 41.0 Å². The van der Waals surface area contributed by atoms with Crippen LogP contribution >= 0.6 is 0 Å². The average molecular weight is 274 g/mol. The molecule has 0 bridgehead atoms. The van der Waals surface area contributed by atoms with Gasteiger partial charge in [0.2, 0.25) is 0 Å². The van der Waals surface area contributed by atoms with Crippen molar-refractivity contribution in [1.29, 1.82) is 0 Å². The van der Waals surface area contributed by atoms with Gasteiger partial charge in [0.05, 0.1) is 0 Å². The molecule has 0 saturated heterocycles. The SMILES string of the molecule is CCNCc1cccc(C)c1OCc1nnc(C)n1C. The van der Waals surface area contributed by atoms with Crippen molar-refractivity contribution < 1.29 is 4.74 Å². The maximum Gasteiger partial charge on any atom is 0.170 e. The van der Waals surface area contributed by atoms with Gasteiger partial charge in [-0.3, -0.25) is 0 Å². The van der Waals surface area contributed by atoms with Crippen LogP contribution < -0.4 is 10.1 Å². The molecule has 0 aliphatic rings. The lowest BCUT2D eigenvalue weighted by atomic mass is 10.1. The fraction of sp³-hybridized carbons (Fsp3) is 0.467.